The molecule has 0 bridgehead atoms. The third kappa shape index (κ3) is 3.70. The van der Waals surface area contributed by atoms with Crippen LogP contribution in [-0.2, 0) is 17.9 Å². The Morgan fingerprint density at radius 1 is 1.23 bits per heavy atom. The number of rotatable bonds is 6. The van der Waals surface area contributed by atoms with Gasteiger partial charge in [0.25, 0.3) is 0 Å². The Morgan fingerprint density at radius 2 is 2.12 bits per heavy atom. The number of carbonyl (C=O) groups is 1. The van der Waals surface area contributed by atoms with Crippen molar-refractivity contribution in [2.45, 2.75) is 32.0 Å². The molecule has 0 saturated carbocycles. The number of amides is 1. The van der Waals surface area contributed by atoms with E-state index in [0.29, 0.717) is 6.54 Å². The first-order valence-corrected chi connectivity index (χ1v) is 8.93. The van der Waals surface area contributed by atoms with E-state index in [4.69, 9.17) is 4.42 Å². The number of hydrogen-bond acceptors (Lipinski definition) is 4. The topological polar surface area (TPSA) is 63.3 Å². The highest BCUT2D eigenvalue weighted by Gasteiger charge is 2.30. The van der Waals surface area contributed by atoms with E-state index in [9.17, 15) is 4.79 Å². The summed E-state index contributed by atoms with van der Waals surface area (Å²) in [6, 6.07) is 13.9. The van der Waals surface area contributed by atoms with Crippen LogP contribution in [0.3, 0.4) is 0 Å². The molecular formula is C20H22N4O2. The summed E-state index contributed by atoms with van der Waals surface area (Å²) >= 11 is 0. The number of nitrogens with zero attached hydrogens (tertiary/aromatic N) is 3. The summed E-state index contributed by atoms with van der Waals surface area (Å²) in [4.78, 5) is 14.8. The van der Waals surface area contributed by atoms with Crippen LogP contribution in [0.1, 0.15) is 24.2 Å². The maximum atomic E-state index is 12.5. The molecule has 1 aromatic carbocycles. The number of carbonyl (C=O) groups excluding carboxylic acids is 1. The largest absolute Gasteiger partial charge is 0.467 e. The Balaban J connectivity index is 1.36. The highest BCUT2D eigenvalue weighted by atomic mass is 16.3. The van der Waals surface area contributed by atoms with E-state index in [1.807, 2.05) is 29.1 Å². The van der Waals surface area contributed by atoms with Crippen molar-refractivity contribution in [2.75, 3.05) is 6.54 Å². The summed E-state index contributed by atoms with van der Waals surface area (Å²) in [5.74, 6) is 0.851. The zero-order valence-corrected chi connectivity index (χ0v) is 14.5. The number of aromatic nitrogens is 2. The van der Waals surface area contributed by atoms with Crippen LogP contribution < -0.4 is 5.32 Å². The Labute approximate surface area is 152 Å². The summed E-state index contributed by atoms with van der Waals surface area (Å²) in [6.07, 6.45) is 7.26. The fraction of sp³-hybridized carbons (Fsp3) is 0.300. The summed E-state index contributed by atoms with van der Waals surface area (Å²) in [7, 11) is 0. The fourth-order valence-electron chi connectivity index (χ4n) is 3.43. The molecule has 1 aliphatic heterocycles. The normalized spacial score (nSPS) is 17.5. The lowest BCUT2D eigenvalue weighted by Crippen LogP contribution is -2.42. The Bertz CT molecular complexity index is 825. The van der Waals surface area contributed by atoms with Crippen LogP contribution >= 0.6 is 0 Å². The van der Waals surface area contributed by atoms with Crippen molar-refractivity contribution < 1.29 is 9.21 Å². The molecule has 2 aromatic heterocycles. The van der Waals surface area contributed by atoms with Crippen LogP contribution in [0.15, 0.2) is 65.5 Å². The van der Waals surface area contributed by atoms with Gasteiger partial charge in [0.2, 0.25) is 5.91 Å². The number of hydrogen-bond donors (Lipinski definition) is 1. The van der Waals surface area contributed by atoms with E-state index in [2.05, 4.69) is 39.6 Å². The summed E-state index contributed by atoms with van der Waals surface area (Å²) in [5.41, 5.74) is 2.24. The van der Waals surface area contributed by atoms with Crippen molar-refractivity contribution in [1.29, 1.82) is 0 Å². The van der Waals surface area contributed by atoms with Crippen LogP contribution in [-0.4, -0.2) is 33.2 Å². The number of furan rings is 1. The van der Waals surface area contributed by atoms with E-state index >= 15 is 0 Å². The van der Waals surface area contributed by atoms with Gasteiger partial charge in [-0.2, -0.15) is 5.10 Å². The molecule has 26 heavy (non-hydrogen) atoms. The van der Waals surface area contributed by atoms with E-state index in [1.54, 1.807) is 12.5 Å². The zero-order chi connectivity index (χ0) is 17.8. The van der Waals surface area contributed by atoms with E-state index < -0.39 is 0 Å². The smallest absolute Gasteiger partial charge is 0.237 e. The first-order valence-electron chi connectivity index (χ1n) is 8.93. The van der Waals surface area contributed by atoms with Gasteiger partial charge in [0.15, 0.2) is 0 Å². The van der Waals surface area contributed by atoms with Gasteiger partial charge in [0.05, 0.1) is 24.5 Å². The molecule has 1 N–H and O–H groups in total. The molecule has 0 spiro atoms. The second kappa shape index (κ2) is 7.58. The third-order valence-electron chi connectivity index (χ3n) is 4.77. The van der Waals surface area contributed by atoms with Gasteiger partial charge in [-0.25, -0.2) is 4.68 Å². The van der Waals surface area contributed by atoms with Crippen LogP contribution in [0.4, 0.5) is 0 Å². The molecule has 3 aromatic rings. The predicted molar refractivity (Wildman–Crippen MR) is 97.6 cm³/mol. The van der Waals surface area contributed by atoms with Crippen molar-refractivity contribution >= 4 is 5.91 Å². The number of likely N-dealkylation sites (tertiary alicyclic amines) is 1. The lowest BCUT2D eigenvalue weighted by atomic mass is 10.1. The molecule has 3 heterocycles. The summed E-state index contributed by atoms with van der Waals surface area (Å²) < 4.78 is 7.11. The first kappa shape index (κ1) is 16.6. The van der Waals surface area contributed by atoms with Gasteiger partial charge < -0.3 is 9.73 Å². The van der Waals surface area contributed by atoms with Crippen molar-refractivity contribution in [2.24, 2.45) is 0 Å². The molecule has 0 aliphatic carbocycles. The Hall–Kier alpha value is -2.86. The van der Waals surface area contributed by atoms with Gasteiger partial charge in [-0.1, -0.05) is 12.1 Å². The van der Waals surface area contributed by atoms with Crippen LogP contribution in [0.2, 0.25) is 0 Å². The van der Waals surface area contributed by atoms with Crippen LogP contribution in [0.5, 0.6) is 0 Å². The van der Waals surface area contributed by atoms with Crippen LogP contribution in [0, 0.1) is 0 Å². The maximum Gasteiger partial charge on any atom is 0.237 e. The molecular weight excluding hydrogens is 328 g/mol. The zero-order valence-electron chi connectivity index (χ0n) is 14.5. The molecule has 0 radical (unpaired) electrons. The highest BCUT2D eigenvalue weighted by molar-refractivity contribution is 5.81. The van der Waals surface area contributed by atoms with Crippen molar-refractivity contribution in [1.82, 2.24) is 20.0 Å². The molecule has 1 saturated heterocycles. The van der Waals surface area contributed by atoms with Gasteiger partial charge in [-0.3, -0.25) is 9.69 Å². The molecule has 4 rings (SSSR count). The van der Waals surface area contributed by atoms with Gasteiger partial charge in [0, 0.05) is 18.9 Å². The van der Waals surface area contributed by atoms with Crippen molar-refractivity contribution in [3.05, 3.63) is 72.4 Å². The monoisotopic (exact) mass is 350 g/mol. The lowest BCUT2D eigenvalue weighted by molar-refractivity contribution is -0.125. The predicted octanol–water partition coefficient (Wildman–Crippen LogP) is 2.75. The van der Waals surface area contributed by atoms with Gasteiger partial charge >= 0.3 is 0 Å². The summed E-state index contributed by atoms with van der Waals surface area (Å²) in [5, 5.41) is 7.23. The number of benzene rings is 1. The minimum atomic E-state index is -0.0734. The second-order valence-electron chi connectivity index (χ2n) is 6.54. The molecule has 6 nitrogen and oxygen atoms in total. The average molecular weight is 350 g/mol. The standard InChI is InChI=1S/C20H22N4O2/c25-20(21-14-18-4-2-13-26-18)19-5-1-11-23(19)15-16-6-8-17(9-7-16)24-12-3-10-22-24/h2-4,6-10,12-13,19H,1,5,11,14-15H2,(H,21,25). The van der Waals surface area contributed by atoms with Crippen LogP contribution in [0.25, 0.3) is 5.69 Å². The molecule has 1 unspecified atom stereocenters. The third-order valence-corrected chi connectivity index (χ3v) is 4.77. The first-order chi connectivity index (χ1) is 12.8. The molecule has 1 amide bonds. The lowest BCUT2D eigenvalue weighted by Gasteiger charge is -2.23. The minimum absolute atomic E-state index is 0.0734. The highest BCUT2D eigenvalue weighted by Crippen LogP contribution is 2.21. The molecule has 1 aliphatic rings. The molecule has 134 valence electrons. The van der Waals surface area contributed by atoms with Gasteiger partial charge in [-0.05, 0) is 55.3 Å². The molecule has 6 heteroatoms. The second-order valence-corrected chi connectivity index (χ2v) is 6.54. The van der Waals surface area contributed by atoms with E-state index in [0.717, 1.165) is 37.4 Å². The van der Waals surface area contributed by atoms with E-state index in [-0.39, 0.29) is 11.9 Å². The average Bonchev–Trinajstić information content (AvgIpc) is 3.42. The maximum absolute atomic E-state index is 12.5. The Kier molecular flexibility index (Phi) is 4.84. The van der Waals surface area contributed by atoms with E-state index in [1.165, 1.54) is 5.56 Å². The quantitative estimate of drug-likeness (QED) is 0.742. The van der Waals surface area contributed by atoms with Gasteiger partial charge in [0.1, 0.15) is 5.76 Å². The molecule has 1 atom stereocenters. The molecule has 1 fully saturated rings. The van der Waals surface area contributed by atoms with Crippen molar-refractivity contribution in [3.8, 4) is 5.69 Å². The fourth-order valence-corrected chi connectivity index (χ4v) is 3.43. The summed E-state index contributed by atoms with van der Waals surface area (Å²) in [6.45, 7) is 2.16. The number of nitrogens with one attached hydrogen (secondary N) is 1. The SMILES string of the molecule is O=C(NCc1ccco1)C1CCCN1Cc1ccc(-n2cccn2)cc1. The minimum Gasteiger partial charge on any atom is -0.467 e. The Morgan fingerprint density at radius 3 is 2.85 bits per heavy atom. The van der Waals surface area contributed by atoms with Gasteiger partial charge in [-0.15, -0.1) is 0 Å². The van der Waals surface area contributed by atoms with Crippen molar-refractivity contribution in [3.63, 3.8) is 0 Å².